The maximum atomic E-state index is 14.0. The molecule has 2 aliphatic carbocycles. The van der Waals surface area contributed by atoms with E-state index in [9.17, 15) is 18.0 Å². The minimum absolute atomic E-state index is 0.103. The zero-order valence-corrected chi connectivity index (χ0v) is 25.5. The molecule has 43 heavy (non-hydrogen) atoms. The van der Waals surface area contributed by atoms with Crippen LogP contribution in [0.1, 0.15) is 66.8 Å². The van der Waals surface area contributed by atoms with Gasteiger partial charge in [0.05, 0.1) is 17.4 Å². The maximum Gasteiger partial charge on any atom is 0.243 e. The quantitative estimate of drug-likeness (QED) is 0.377. The molecule has 0 aromatic heterocycles. The van der Waals surface area contributed by atoms with Crippen LogP contribution < -0.4 is 11.1 Å². The molecule has 1 saturated heterocycles. The summed E-state index contributed by atoms with van der Waals surface area (Å²) in [6.07, 6.45) is 6.10. The molecule has 8 nitrogen and oxygen atoms in total. The molecule has 3 aromatic carbocycles. The molecule has 2 amide bonds. The Labute approximate surface area is 254 Å². The number of primary amides is 1. The molecule has 3 N–H and O–H groups in total. The first-order valence-corrected chi connectivity index (χ1v) is 16.8. The molecule has 3 aliphatic rings. The highest BCUT2D eigenvalue weighted by molar-refractivity contribution is 7.89. The molecule has 9 heteroatoms. The second-order valence-electron chi connectivity index (χ2n) is 12.2. The second kappa shape index (κ2) is 12.2. The van der Waals surface area contributed by atoms with Gasteiger partial charge in [-0.05, 0) is 85.0 Å². The van der Waals surface area contributed by atoms with E-state index in [1.165, 1.54) is 40.3 Å². The Balaban J connectivity index is 1.24. The van der Waals surface area contributed by atoms with Gasteiger partial charge in [0, 0.05) is 25.7 Å². The highest BCUT2D eigenvalue weighted by atomic mass is 32.2. The van der Waals surface area contributed by atoms with Crippen molar-refractivity contribution in [3.63, 3.8) is 0 Å². The Morgan fingerprint density at radius 2 is 1.72 bits per heavy atom. The van der Waals surface area contributed by atoms with E-state index in [2.05, 4.69) is 47.8 Å². The summed E-state index contributed by atoms with van der Waals surface area (Å²) in [7, 11) is -3.99. The van der Waals surface area contributed by atoms with Crippen molar-refractivity contribution in [2.24, 2.45) is 5.73 Å². The van der Waals surface area contributed by atoms with Crippen LogP contribution in [0, 0.1) is 6.92 Å². The van der Waals surface area contributed by atoms with E-state index in [0.717, 1.165) is 42.5 Å². The Bertz CT molecular complexity index is 1620. The first-order chi connectivity index (χ1) is 20.7. The zero-order valence-electron chi connectivity index (χ0n) is 24.7. The lowest BCUT2D eigenvalue weighted by Crippen LogP contribution is -2.60. The van der Waals surface area contributed by atoms with E-state index >= 15 is 0 Å². The summed E-state index contributed by atoms with van der Waals surface area (Å²) in [5, 5.41) is 3.64. The third-order valence-electron chi connectivity index (χ3n) is 9.26. The SMILES string of the molecule is Cc1ccc(S(=O)(=O)N2CCN([C@@H]3CCCc4cc(-c5cccc(CNC6CCC6)c5)ccc43)C(=O)C2CC(N)=O)cc1. The molecule has 2 fully saturated rings. The van der Waals surface area contributed by atoms with E-state index in [-0.39, 0.29) is 36.4 Å². The lowest BCUT2D eigenvalue weighted by molar-refractivity contribution is -0.144. The van der Waals surface area contributed by atoms with Crippen molar-refractivity contribution in [3.05, 3.63) is 89.0 Å². The van der Waals surface area contributed by atoms with E-state index < -0.39 is 22.0 Å². The number of hydrogen-bond acceptors (Lipinski definition) is 5. The minimum atomic E-state index is -3.99. The minimum Gasteiger partial charge on any atom is -0.370 e. The monoisotopic (exact) mass is 600 g/mol. The van der Waals surface area contributed by atoms with Gasteiger partial charge in [-0.25, -0.2) is 8.42 Å². The number of sulfonamides is 1. The average molecular weight is 601 g/mol. The van der Waals surface area contributed by atoms with Gasteiger partial charge in [-0.1, -0.05) is 60.5 Å². The molecule has 1 heterocycles. The Kier molecular flexibility index (Phi) is 8.40. The summed E-state index contributed by atoms with van der Waals surface area (Å²) in [5.74, 6) is -1.07. The fourth-order valence-electron chi connectivity index (χ4n) is 6.64. The van der Waals surface area contributed by atoms with Crippen LogP contribution in [0.4, 0.5) is 0 Å². The number of amides is 2. The van der Waals surface area contributed by atoms with E-state index in [1.807, 2.05) is 6.92 Å². The summed E-state index contributed by atoms with van der Waals surface area (Å²) in [5.41, 5.74) is 12.4. The first kappa shape index (κ1) is 29.5. The number of nitrogens with one attached hydrogen (secondary N) is 1. The molecule has 0 spiro atoms. The van der Waals surface area contributed by atoms with Crippen LogP contribution in [0.25, 0.3) is 11.1 Å². The van der Waals surface area contributed by atoms with Gasteiger partial charge < -0.3 is 16.0 Å². The summed E-state index contributed by atoms with van der Waals surface area (Å²) in [4.78, 5) is 27.9. The van der Waals surface area contributed by atoms with Gasteiger partial charge >= 0.3 is 0 Å². The summed E-state index contributed by atoms with van der Waals surface area (Å²) in [6.45, 7) is 3.10. The number of hydrogen-bond donors (Lipinski definition) is 2. The third kappa shape index (κ3) is 6.12. The number of piperazine rings is 1. The summed E-state index contributed by atoms with van der Waals surface area (Å²) in [6, 6.07) is 21.0. The second-order valence-corrected chi connectivity index (χ2v) is 14.1. The van der Waals surface area contributed by atoms with E-state index in [4.69, 9.17) is 5.73 Å². The smallest absolute Gasteiger partial charge is 0.243 e. The van der Waals surface area contributed by atoms with Crippen LogP contribution in [0.5, 0.6) is 0 Å². The van der Waals surface area contributed by atoms with Gasteiger partial charge in [-0.2, -0.15) is 4.31 Å². The Morgan fingerprint density at radius 3 is 2.44 bits per heavy atom. The van der Waals surface area contributed by atoms with Crippen molar-refractivity contribution >= 4 is 21.8 Å². The Hall–Kier alpha value is -3.53. The van der Waals surface area contributed by atoms with Gasteiger partial charge in [0.15, 0.2) is 0 Å². The normalized spacial score (nSPS) is 21.3. The number of carbonyl (C=O) groups excluding carboxylic acids is 2. The molecule has 1 saturated carbocycles. The van der Waals surface area contributed by atoms with Gasteiger partial charge in [-0.3, -0.25) is 9.59 Å². The van der Waals surface area contributed by atoms with Crippen molar-refractivity contribution in [2.45, 2.75) is 81.4 Å². The lowest BCUT2D eigenvalue weighted by atomic mass is 9.84. The van der Waals surface area contributed by atoms with Crippen LogP contribution in [-0.2, 0) is 32.6 Å². The first-order valence-electron chi connectivity index (χ1n) is 15.3. The van der Waals surface area contributed by atoms with Gasteiger partial charge in [0.25, 0.3) is 0 Å². The van der Waals surface area contributed by atoms with Crippen molar-refractivity contribution in [3.8, 4) is 11.1 Å². The molecule has 1 unspecified atom stereocenters. The van der Waals surface area contributed by atoms with Crippen LogP contribution in [0.3, 0.4) is 0 Å². The number of rotatable bonds is 9. The highest BCUT2D eigenvalue weighted by Crippen LogP contribution is 2.39. The number of nitrogens with zero attached hydrogens (tertiary/aromatic N) is 2. The van der Waals surface area contributed by atoms with Crippen molar-refractivity contribution in [1.29, 1.82) is 0 Å². The summed E-state index contributed by atoms with van der Waals surface area (Å²) < 4.78 is 28.4. The fraction of sp³-hybridized carbons (Fsp3) is 0.412. The van der Waals surface area contributed by atoms with Gasteiger partial charge in [0.2, 0.25) is 21.8 Å². The fourth-order valence-corrected chi connectivity index (χ4v) is 8.21. The number of benzene rings is 3. The van der Waals surface area contributed by atoms with Crippen molar-refractivity contribution < 1.29 is 18.0 Å². The number of fused-ring (bicyclic) bond motifs is 1. The molecule has 226 valence electrons. The van der Waals surface area contributed by atoms with Gasteiger partial charge in [0.1, 0.15) is 6.04 Å². The topological polar surface area (TPSA) is 113 Å². The molecule has 6 rings (SSSR count). The molecule has 0 bridgehead atoms. The van der Waals surface area contributed by atoms with Crippen LogP contribution in [-0.4, -0.2) is 54.6 Å². The predicted octanol–water partition coefficient (Wildman–Crippen LogP) is 4.46. The van der Waals surface area contributed by atoms with Crippen molar-refractivity contribution in [2.75, 3.05) is 13.1 Å². The van der Waals surface area contributed by atoms with E-state index in [1.54, 1.807) is 29.2 Å². The molecular weight excluding hydrogens is 560 g/mol. The maximum absolute atomic E-state index is 14.0. The lowest BCUT2D eigenvalue weighted by Gasteiger charge is -2.44. The third-order valence-corrected chi connectivity index (χ3v) is 11.2. The number of carbonyl (C=O) groups is 2. The molecule has 2 atom stereocenters. The predicted molar refractivity (Wildman–Crippen MR) is 166 cm³/mol. The standard InChI is InChI=1S/C34H40N4O4S/c1-23-11-14-29(15-12-23)43(41,42)38-18-17-37(34(40)32(38)21-33(35)39)31-10-3-7-27-20-26(13-16-30(27)31)25-6-2-5-24(19-25)22-36-28-8-4-9-28/h2,5-6,11-16,19-20,28,31-32,36H,3-4,7-10,17-18,21-22H2,1H3,(H2,35,39)/t31-,32?/m1/s1. The van der Waals surface area contributed by atoms with Crippen molar-refractivity contribution in [1.82, 2.24) is 14.5 Å². The zero-order chi connectivity index (χ0) is 30.1. The largest absolute Gasteiger partial charge is 0.370 e. The molecule has 1 aliphatic heterocycles. The average Bonchev–Trinajstić information content (AvgIpc) is 2.97. The molecule has 0 radical (unpaired) electrons. The molecule has 3 aromatic rings. The molecular formula is C34H40N4O4S. The van der Waals surface area contributed by atoms with Crippen LogP contribution >= 0.6 is 0 Å². The van der Waals surface area contributed by atoms with Crippen LogP contribution in [0.15, 0.2) is 71.6 Å². The van der Waals surface area contributed by atoms with Gasteiger partial charge in [-0.15, -0.1) is 0 Å². The number of nitrogens with two attached hydrogens (primary N) is 1. The van der Waals surface area contributed by atoms with E-state index in [0.29, 0.717) is 6.04 Å². The van der Waals surface area contributed by atoms with Crippen LogP contribution in [0.2, 0.25) is 0 Å². The Morgan fingerprint density at radius 1 is 0.953 bits per heavy atom. The highest BCUT2D eigenvalue weighted by Gasteiger charge is 2.45. The summed E-state index contributed by atoms with van der Waals surface area (Å²) >= 11 is 0. The number of aryl methyl sites for hydroxylation is 2.